The number of thioether (sulfide) groups is 1. The summed E-state index contributed by atoms with van der Waals surface area (Å²) in [5, 5.41) is 4.83. The van der Waals surface area contributed by atoms with Crippen molar-refractivity contribution in [1.82, 2.24) is 9.97 Å². The number of aromatic amines is 1. The Morgan fingerprint density at radius 2 is 2.09 bits per heavy atom. The summed E-state index contributed by atoms with van der Waals surface area (Å²) in [7, 11) is 0. The number of hydrogen-bond donors (Lipinski definition) is 2. The average molecular weight is 335 g/mol. The van der Waals surface area contributed by atoms with Gasteiger partial charge in [0.25, 0.3) is 5.56 Å². The van der Waals surface area contributed by atoms with Crippen molar-refractivity contribution < 1.29 is 9.18 Å². The first-order valence-electron chi connectivity index (χ1n) is 6.27. The van der Waals surface area contributed by atoms with Crippen LogP contribution in [0.15, 0.2) is 45.7 Å². The maximum absolute atomic E-state index is 12.8. The third-order valence-corrected chi connectivity index (χ3v) is 4.54. The van der Waals surface area contributed by atoms with E-state index < -0.39 is 0 Å². The Morgan fingerprint density at radius 1 is 1.32 bits per heavy atom. The zero-order chi connectivity index (χ0) is 15.5. The van der Waals surface area contributed by atoms with E-state index in [1.54, 1.807) is 11.4 Å². The minimum absolute atomic E-state index is 0.0932. The number of rotatable bonds is 4. The Hall–Kier alpha value is -2.19. The molecule has 2 N–H and O–H groups in total. The van der Waals surface area contributed by atoms with Gasteiger partial charge in [0.15, 0.2) is 5.16 Å². The van der Waals surface area contributed by atoms with Gasteiger partial charge in [0.05, 0.1) is 11.3 Å². The van der Waals surface area contributed by atoms with E-state index in [-0.39, 0.29) is 23.0 Å². The zero-order valence-electron chi connectivity index (χ0n) is 11.1. The van der Waals surface area contributed by atoms with E-state index in [9.17, 15) is 14.0 Å². The second kappa shape index (κ2) is 6.29. The topological polar surface area (TPSA) is 74.8 Å². The molecule has 1 amide bonds. The molecular formula is C14H10FN3O2S2. The van der Waals surface area contributed by atoms with Crippen LogP contribution in [0.1, 0.15) is 0 Å². The highest BCUT2D eigenvalue weighted by Gasteiger charge is 2.08. The number of thiophene rings is 1. The van der Waals surface area contributed by atoms with Crippen LogP contribution in [0.4, 0.5) is 10.1 Å². The third-order valence-electron chi connectivity index (χ3n) is 2.76. The molecule has 8 heteroatoms. The van der Waals surface area contributed by atoms with Crippen molar-refractivity contribution in [2.75, 3.05) is 11.1 Å². The molecule has 2 heterocycles. The highest BCUT2D eigenvalue weighted by atomic mass is 32.2. The van der Waals surface area contributed by atoms with Crippen molar-refractivity contribution in [3.63, 3.8) is 0 Å². The Morgan fingerprint density at radius 3 is 2.86 bits per heavy atom. The van der Waals surface area contributed by atoms with Gasteiger partial charge in [-0.25, -0.2) is 9.37 Å². The first-order chi connectivity index (χ1) is 10.6. The van der Waals surface area contributed by atoms with E-state index in [0.29, 0.717) is 21.1 Å². The number of nitrogens with zero attached hydrogens (tertiary/aromatic N) is 1. The van der Waals surface area contributed by atoms with Crippen molar-refractivity contribution in [3.8, 4) is 0 Å². The van der Waals surface area contributed by atoms with Crippen LogP contribution >= 0.6 is 23.1 Å². The molecule has 0 radical (unpaired) electrons. The second-order valence-electron chi connectivity index (χ2n) is 4.35. The Labute approximate surface area is 132 Å². The molecular weight excluding hydrogens is 325 g/mol. The molecule has 0 bridgehead atoms. The molecule has 0 unspecified atom stereocenters. The predicted octanol–water partition coefficient (Wildman–Crippen LogP) is 2.85. The van der Waals surface area contributed by atoms with Crippen LogP contribution in [-0.2, 0) is 4.79 Å². The van der Waals surface area contributed by atoms with Crippen LogP contribution in [-0.4, -0.2) is 21.6 Å². The number of anilines is 1. The lowest BCUT2D eigenvalue weighted by Gasteiger charge is -2.04. The number of fused-ring (bicyclic) bond motifs is 1. The normalized spacial score (nSPS) is 10.8. The van der Waals surface area contributed by atoms with Gasteiger partial charge in [0, 0.05) is 5.69 Å². The maximum Gasteiger partial charge on any atom is 0.269 e. The smallest absolute Gasteiger partial charge is 0.269 e. The third kappa shape index (κ3) is 3.34. The van der Waals surface area contributed by atoms with Crippen molar-refractivity contribution >= 4 is 44.9 Å². The molecule has 112 valence electrons. The van der Waals surface area contributed by atoms with Crippen LogP contribution in [0.5, 0.6) is 0 Å². The van der Waals surface area contributed by atoms with E-state index in [4.69, 9.17) is 0 Å². The number of benzene rings is 1. The Kier molecular flexibility index (Phi) is 4.21. The van der Waals surface area contributed by atoms with Gasteiger partial charge < -0.3 is 10.3 Å². The van der Waals surface area contributed by atoms with Crippen LogP contribution in [0.2, 0.25) is 0 Å². The Bertz CT molecular complexity index is 874. The van der Waals surface area contributed by atoms with Crippen LogP contribution in [0, 0.1) is 5.82 Å². The monoisotopic (exact) mass is 335 g/mol. The van der Waals surface area contributed by atoms with Gasteiger partial charge in [-0.05, 0) is 35.7 Å². The summed E-state index contributed by atoms with van der Waals surface area (Å²) in [5.74, 6) is -0.529. The molecule has 3 rings (SSSR count). The second-order valence-corrected chi connectivity index (χ2v) is 6.23. The van der Waals surface area contributed by atoms with Crippen molar-refractivity contribution in [2.45, 2.75) is 5.16 Å². The van der Waals surface area contributed by atoms with Crippen molar-refractivity contribution in [3.05, 3.63) is 51.9 Å². The zero-order valence-corrected chi connectivity index (χ0v) is 12.8. The number of nitrogens with one attached hydrogen (secondary N) is 2. The molecule has 22 heavy (non-hydrogen) atoms. The minimum Gasteiger partial charge on any atom is -0.325 e. The highest BCUT2D eigenvalue weighted by Crippen LogP contribution is 2.18. The summed E-state index contributed by atoms with van der Waals surface area (Å²) in [4.78, 5) is 30.5. The fraction of sp³-hybridized carbons (Fsp3) is 0.0714. The molecule has 0 fully saturated rings. The molecule has 3 aromatic rings. The number of amides is 1. The van der Waals surface area contributed by atoms with E-state index >= 15 is 0 Å². The van der Waals surface area contributed by atoms with Crippen LogP contribution in [0.3, 0.4) is 0 Å². The van der Waals surface area contributed by atoms with E-state index in [2.05, 4.69) is 15.3 Å². The molecule has 5 nitrogen and oxygen atoms in total. The van der Waals surface area contributed by atoms with E-state index in [0.717, 1.165) is 11.8 Å². The summed E-state index contributed by atoms with van der Waals surface area (Å²) in [5.41, 5.74) is 0.929. The largest absolute Gasteiger partial charge is 0.325 e. The van der Waals surface area contributed by atoms with Crippen molar-refractivity contribution in [2.24, 2.45) is 0 Å². The molecule has 0 aliphatic carbocycles. The molecule has 0 saturated carbocycles. The summed E-state index contributed by atoms with van der Waals surface area (Å²) in [6.45, 7) is 0. The van der Waals surface area contributed by atoms with Gasteiger partial charge in [0.1, 0.15) is 10.5 Å². The highest BCUT2D eigenvalue weighted by molar-refractivity contribution is 7.99. The molecule has 0 aliphatic rings. The van der Waals surface area contributed by atoms with Crippen LogP contribution in [0.25, 0.3) is 10.2 Å². The predicted molar refractivity (Wildman–Crippen MR) is 86.0 cm³/mol. The van der Waals surface area contributed by atoms with Gasteiger partial charge in [-0.1, -0.05) is 11.8 Å². The SMILES string of the molecule is O=C(CSc1nc2ccsc2c(=O)[nH]1)Nc1ccc(F)cc1. The summed E-state index contributed by atoms with van der Waals surface area (Å²) < 4.78 is 13.3. The summed E-state index contributed by atoms with van der Waals surface area (Å²) in [6.07, 6.45) is 0. The molecule has 1 aromatic carbocycles. The molecule has 0 saturated heterocycles. The first kappa shape index (κ1) is 14.7. The lowest BCUT2D eigenvalue weighted by molar-refractivity contribution is -0.113. The number of carbonyl (C=O) groups is 1. The average Bonchev–Trinajstić information content (AvgIpc) is 2.97. The quantitative estimate of drug-likeness (QED) is 0.568. The molecule has 0 atom stereocenters. The van der Waals surface area contributed by atoms with Gasteiger partial charge in [-0.3, -0.25) is 9.59 Å². The minimum atomic E-state index is -0.363. The fourth-order valence-electron chi connectivity index (χ4n) is 1.78. The summed E-state index contributed by atoms with van der Waals surface area (Å²) >= 11 is 2.46. The number of halogens is 1. The van der Waals surface area contributed by atoms with Crippen molar-refractivity contribution in [1.29, 1.82) is 0 Å². The van der Waals surface area contributed by atoms with Crippen LogP contribution < -0.4 is 10.9 Å². The summed E-state index contributed by atoms with van der Waals surface area (Å²) in [6, 6.07) is 7.27. The lowest BCUT2D eigenvalue weighted by Crippen LogP contribution is -2.15. The van der Waals surface area contributed by atoms with Gasteiger partial charge >= 0.3 is 0 Å². The molecule has 2 aromatic heterocycles. The van der Waals surface area contributed by atoms with Gasteiger partial charge in [-0.15, -0.1) is 11.3 Å². The number of aromatic nitrogens is 2. The Balaban J connectivity index is 1.64. The standard InChI is InChI=1S/C14H10FN3O2S2/c15-8-1-3-9(4-2-8)16-11(19)7-22-14-17-10-5-6-21-12(10)13(20)18-14/h1-6H,7H2,(H,16,19)(H,17,18,20). The molecule has 0 aliphatic heterocycles. The lowest BCUT2D eigenvalue weighted by atomic mass is 10.3. The van der Waals surface area contributed by atoms with E-state index in [1.165, 1.54) is 35.6 Å². The number of carbonyl (C=O) groups excluding carboxylic acids is 1. The number of hydrogen-bond acceptors (Lipinski definition) is 5. The van der Waals surface area contributed by atoms with E-state index in [1.807, 2.05) is 0 Å². The first-order valence-corrected chi connectivity index (χ1v) is 8.14. The van der Waals surface area contributed by atoms with Gasteiger partial charge in [-0.2, -0.15) is 0 Å². The number of H-pyrrole nitrogens is 1. The van der Waals surface area contributed by atoms with Gasteiger partial charge in [0.2, 0.25) is 5.91 Å². The maximum atomic E-state index is 12.8. The molecule has 0 spiro atoms. The fourth-order valence-corrected chi connectivity index (χ4v) is 3.18.